The highest BCUT2D eigenvalue weighted by molar-refractivity contribution is 7.99. The van der Waals surface area contributed by atoms with Gasteiger partial charge in [-0.2, -0.15) is 0 Å². The highest BCUT2D eigenvalue weighted by Crippen LogP contribution is 2.40. The molecule has 1 aliphatic heterocycles. The lowest BCUT2D eigenvalue weighted by molar-refractivity contribution is -0.133. The molecule has 0 bridgehead atoms. The van der Waals surface area contributed by atoms with Crippen LogP contribution in [0.1, 0.15) is 35.9 Å². The van der Waals surface area contributed by atoms with Crippen molar-refractivity contribution in [2.75, 3.05) is 12.3 Å². The zero-order valence-electron chi connectivity index (χ0n) is 13.1. The number of aromatic nitrogens is 1. The number of nitrogens with zero attached hydrogens (tertiary/aromatic N) is 2. The van der Waals surface area contributed by atoms with E-state index >= 15 is 0 Å². The second-order valence-corrected chi connectivity index (χ2v) is 6.86. The molecule has 1 fully saturated rings. The smallest absolute Gasteiger partial charge is 0.231 e. The van der Waals surface area contributed by atoms with Crippen LogP contribution >= 0.6 is 11.8 Å². The zero-order chi connectivity index (χ0) is 15.5. The minimum atomic E-state index is -0.0392. The zero-order valence-corrected chi connectivity index (χ0v) is 13.9. The number of hydrogen-bond acceptors (Lipinski definition) is 2. The number of carbonyl (C=O) groups is 1. The number of aryl methyl sites for hydroxylation is 1. The Morgan fingerprint density at radius 1 is 1.27 bits per heavy atom. The van der Waals surface area contributed by atoms with Crippen molar-refractivity contribution in [3.63, 3.8) is 0 Å². The maximum absolute atomic E-state index is 13.1. The van der Waals surface area contributed by atoms with Crippen molar-refractivity contribution in [2.24, 2.45) is 7.05 Å². The van der Waals surface area contributed by atoms with Gasteiger partial charge in [-0.15, -0.1) is 11.8 Å². The second kappa shape index (κ2) is 6.61. The molecule has 0 spiro atoms. The molecule has 3 rings (SSSR count). The van der Waals surface area contributed by atoms with Crippen molar-refractivity contribution < 1.29 is 4.79 Å². The standard InChI is InChI=1S/C18H22N2OS/c1-3-15(14-8-5-4-6-9-14)17(21)20-12-13-22-18(20)16-10-7-11-19(16)2/h4-11,15,18H,3,12-13H2,1-2H3/t15-,18-/m0/s1. The Bertz CT molecular complexity index is 638. The van der Waals surface area contributed by atoms with E-state index < -0.39 is 0 Å². The summed E-state index contributed by atoms with van der Waals surface area (Å²) in [6.07, 6.45) is 2.88. The van der Waals surface area contributed by atoms with Crippen LogP contribution in [0.2, 0.25) is 0 Å². The highest BCUT2D eigenvalue weighted by Gasteiger charge is 2.35. The maximum atomic E-state index is 13.1. The van der Waals surface area contributed by atoms with Crippen LogP contribution in [0.15, 0.2) is 48.7 Å². The third kappa shape index (κ3) is 2.80. The summed E-state index contributed by atoms with van der Waals surface area (Å²) in [4.78, 5) is 15.2. The van der Waals surface area contributed by atoms with Gasteiger partial charge in [-0.1, -0.05) is 37.3 Å². The van der Waals surface area contributed by atoms with Crippen LogP contribution in [0.3, 0.4) is 0 Å². The molecule has 1 aliphatic rings. The topological polar surface area (TPSA) is 25.2 Å². The molecule has 0 radical (unpaired) electrons. The van der Waals surface area contributed by atoms with Gasteiger partial charge < -0.3 is 9.47 Å². The fourth-order valence-corrected chi connectivity index (χ4v) is 4.44. The third-order valence-corrected chi connectivity index (χ3v) is 5.55. The van der Waals surface area contributed by atoms with E-state index in [1.54, 1.807) is 0 Å². The first-order valence-electron chi connectivity index (χ1n) is 7.80. The second-order valence-electron chi connectivity index (χ2n) is 5.67. The summed E-state index contributed by atoms with van der Waals surface area (Å²) in [6, 6.07) is 14.3. The summed E-state index contributed by atoms with van der Waals surface area (Å²) >= 11 is 1.86. The lowest BCUT2D eigenvalue weighted by Crippen LogP contribution is -2.35. The van der Waals surface area contributed by atoms with Crippen molar-refractivity contribution >= 4 is 17.7 Å². The first kappa shape index (κ1) is 15.2. The fourth-order valence-electron chi connectivity index (χ4n) is 3.11. The minimum absolute atomic E-state index is 0.0392. The number of amides is 1. The van der Waals surface area contributed by atoms with Gasteiger partial charge in [0.25, 0.3) is 0 Å². The van der Waals surface area contributed by atoms with Gasteiger partial charge in [-0.05, 0) is 24.1 Å². The molecule has 0 unspecified atom stereocenters. The Balaban J connectivity index is 1.85. The maximum Gasteiger partial charge on any atom is 0.231 e. The normalized spacial score (nSPS) is 19.4. The predicted molar refractivity (Wildman–Crippen MR) is 91.8 cm³/mol. The molecule has 1 amide bonds. The number of hydrogen-bond donors (Lipinski definition) is 0. The number of thioether (sulfide) groups is 1. The average molecular weight is 314 g/mol. The summed E-state index contributed by atoms with van der Waals surface area (Å²) in [5.74, 6) is 1.22. The molecule has 2 aromatic rings. The Morgan fingerprint density at radius 3 is 2.68 bits per heavy atom. The molecule has 22 heavy (non-hydrogen) atoms. The SMILES string of the molecule is CC[C@H](C(=O)N1CCS[C@H]1c1cccn1C)c1ccccc1. The molecule has 0 saturated carbocycles. The minimum Gasteiger partial charge on any atom is -0.352 e. The summed E-state index contributed by atoms with van der Waals surface area (Å²) in [5, 5.41) is 0.144. The van der Waals surface area contributed by atoms with Crippen molar-refractivity contribution in [3.05, 3.63) is 59.9 Å². The van der Waals surface area contributed by atoms with E-state index in [4.69, 9.17) is 0 Å². The molecule has 0 N–H and O–H groups in total. The van der Waals surface area contributed by atoms with Crippen LogP contribution in [0.5, 0.6) is 0 Å². The van der Waals surface area contributed by atoms with E-state index in [-0.39, 0.29) is 17.2 Å². The van der Waals surface area contributed by atoms with Crippen LogP contribution in [0.4, 0.5) is 0 Å². The van der Waals surface area contributed by atoms with E-state index in [1.165, 1.54) is 5.69 Å². The quantitative estimate of drug-likeness (QED) is 0.858. The first-order valence-corrected chi connectivity index (χ1v) is 8.85. The van der Waals surface area contributed by atoms with Gasteiger partial charge in [-0.25, -0.2) is 0 Å². The van der Waals surface area contributed by atoms with E-state index in [9.17, 15) is 4.79 Å². The Kier molecular flexibility index (Phi) is 4.57. The van der Waals surface area contributed by atoms with Crippen molar-refractivity contribution in [3.8, 4) is 0 Å². The van der Waals surface area contributed by atoms with Crippen molar-refractivity contribution in [2.45, 2.75) is 24.6 Å². The third-order valence-electron chi connectivity index (χ3n) is 4.32. The van der Waals surface area contributed by atoms with E-state index in [0.29, 0.717) is 0 Å². The molecule has 0 aliphatic carbocycles. The average Bonchev–Trinajstić information content (AvgIpc) is 3.17. The van der Waals surface area contributed by atoms with Crippen molar-refractivity contribution in [1.29, 1.82) is 0 Å². The molecular weight excluding hydrogens is 292 g/mol. The molecule has 3 nitrogen and oxygen atoms in total. The molecule has 1 saturated heterocycles. The van der Waals surface area contributed by atoms with Gasteiger partial charge in [0.2, 0.25) is 5.91 Å². The van der Waals surface area contributed by atoms with Gasteiger partial charge in [0.05, 0.1) is 11.6 Å². The molecule has 1 aromatic carbocycles. The summed E-state index contributed by atoms with van der Waals surface area (Å²) in [5.41, 5.74) is 2.33. The fraction of sp³-hybridized carbons (Fsp3) is 0.389. The Morgan fingerprint density at radius 2 is 2.05 bits per heavy atom. The molecule has 1 aromatic heterocycles. The van der Waals surface area contributed by atoms with Gasteiger partial charge in [0.15, 0.2) is 0 Å². The van der Waals surface area contributed by atoms with Crippen LogP contribution in [0, 0.1) is 0 Å². The lowest BCUT2D eigenvalue weighted by atomic mass is 9.95. The van der Waals surface area contributed by atoms with Gasteiger partial charge in [-0.3, -0.25) is 4.79 Å². The Labute approximate surface area is 136 Å². The van der Waals surface area contributed by atoms with E-state index in [1.807, 2.05) is 49.3 Å². The monoisotopic (exact) mass is 314 g/mol. The van der Waals surface area contributed by atoms with Crippen LogP contribution in [-0.4, -0.2) is 27.7 Å². The summed E-state index contributed by atoms with van der Waals surface area (Å²) in [7, 11) is 2.05. The van der Waals surface area contributed by atoms with Crippen LogP contribution in [0.25, 0.3) is 0 Å². The number of benzene rings is 1. The Hall–Kier alpha value is -1.68. The summed E-state index contributed by atoms with van der Waals surface area (Å²) in [6.45, 7) is 2.93. The van der Waals surface area contributed by atoms with E-state index in [2.05, 4.69) is 34.6 Å². The number of carbonyl (C=O) groups excluding carboxylic acids is 1. The molecular formula is C18H22N2OS. The first-order chi connectivity index (χ1) is 10.7. The largest absolute Gasteiger partial charge is 0.352 e. The van der Waals surface area contributed by atoms with Gasteiger partial charge in [0.1, 0.15) is 5.37 Å². The lowest BCUT2D eigenvalue weighted by Gasteiger charge is -2.28. The molecule has 116 valence electrons. The van der Waals surface area contributed by atoms with E-state index in [0.717, 1.165) is 24.3 Å². The van der Waals surface area contributed by atoms with Crippen molar-refractivity contribution in [1.82, 2.24) is 9.47 Å². The van der Waals surface area contributed by atoms with Crippen LogP contribution < -0.4 is 0 Å². The van der Waals surface area contributed by atoms with Crippen LogP contribution in [-0.2, 0) is 11.8 Å². The molecule has 2 heterocycles. The van der Waals surface area contributed by atoms with Gasteiger partial charge >= 0.3 is 0 Å². The predicted octanol–water partition coefficient (Wildman–Crippen LogP) is 3.79. The number of rotatable bonds is 4. The summed E-state index contributed by atoms with van der Waals surface area (Å²) < 4.78 is 2.12. The van der Waals surface area contributed by atoms with Gasteiger partial charge in [0, 0.05) is 25.5 Å². The highest BCUT2D eigenvalue weighted by atomic mass is 32.2. The molecule has 4 heteroatoms. The molecule has 2 atom stereocenters.